The van der Waals surface area contributed by atoms with Gasteiger partial charge in [0.1, 0.15) is 0 Å². The molecular formula is C10H11BrN2O. The molecule has 14 heavy (non-hydrogen) atoms. The van der Waals surface area contributed by atoms with Crippen molar-refractivity contribution in [2.75, 3.05) is 11.4 Å². The first-order chi connectivity index (χ1) is 6.68. The number of anilines is 1. The molecule has 74 valence electrons. The van der Waals surface area contributed by atoms with E-state index in [-0.39, 0.29) is 6.03 Å². The van der Waals surface area contributed by atoms with Gasteiger partial charge >= 0.3 is 6.03 Å². The van der Waals surface area contributed by atoms with Crippen molar-refractivity contribution in [1.29, 1.82) is 0 Å². The van der Waals surface area contributed by atoms with Crippen LogP contribution in [0, 0.1) is 0 Å². The summed E-state index contributed by atoms with van der Waals surface area (Å²) in [6, 6.07) is 5.54. The summed E-state index contributed by atoms with van der Waals surface area (Å²) in [5.41, 5.74) is 7.43. The first-order valence-electron chi connectivity index (χ1n) is 4.54. The van der Waals surface area contributed by atoms with Gasteiger partial charge in [0.25, 0.3) is 0 Å². The van der Waals surface area contributed by atoms with Gasteiger partial charge in [0.2, 0.25) is 0 Å². The zero-order chi connectivity index (χ0) is 10.1. The molecular weight excluding hydrogens is 244 g/mol. The van der Waals surface area contributed by atoms with E-state index in [0.717, 1.165) is 29.5 Å². The molecule has 0 spiro atoms. The lowest BCUT2D eigenvalue weighted by Crippen LogP contribution is -2.39. The number of hydrogen-bond acceptors (Lipinski definition) is 1. The summed E-state index contributed by atoms with van der Waals surface area (Å²) in [6.07, 6.45) is 1.99. The van der Waals surface area contributed by atoms with Crippen LogP contribution < -0.4 is 10.6 Å². The first-order valence-corrected chi connectivity index (χ1v) is 5.33. The predicted octanol–water partition coefficient (Wildman–Crippen LogP) is 2.28. The van der Waals surface area contributed by atoms with Crippen molar-refractivity contribution in [2.24, 2.45) is 5.73 Å². The Balaban J connectivity index is 2.44. The number of aryl methyl sites for hydroxylation is 1. The molecule has 0 saturated carbocycles. The van der Waals surface area contributed by atoms with Gasteiger partial charge in [-0.25, -0.2) is 4.79 Å². The summed E-state index contributed by atoms with van der Waals surface area (Å²) in [5, 5.41) is 0. The van der Waals surface area contributed by atoms with Crippen molar-refractivity contribution in [3.8, 4) is 0 Å². The van der Waals surface area contributed by atoms with E-state index in [1.54, 1.807) is 4.90 Å². The van der Waals surface area contributed by atoms with Gasteiger partial charge in [-0.1, -0.05) is 15.9 Å². The highest BCUT2D eigenvalue weighted by atomic mass is 79.9. The topological polar surface area (TPSA) is 46.3 Å². The molecule has 1 aromatic rings. The van der Waals surface area contributed by atoms with Crippen LogP contribution in [-0.4, -0.2) is 12.6 Å². The average Bonchev–Trinajstić information content (AvgIpc) is 2.16. The van der Waals surface area contributed by atoms with Crippen molar-refractivity contribution in [3.63, 3.8) is 0 Å². The van der Waals surface area contributed by atoms with E-state index in [1.165, 1.54) is 5.56 Å². The molecule has 0 saturated heterocycles. The largest absolute Gasteiger partial charge is 0.351 e. The highest BCUT2D eigenvalue weighted by Gasteiger charge is 2.20. The minimum absolute atomic E-state index is 0.367. The second kappa shape index (κ2) is 3.61. The quantitative estimate of drug-likeness (QED) is 0.759. The summed E-state index contributed by atoms with van der Waals surface area (Å²) in [4.78, 5) is 12.8. The Morgan fingerprint density at radius 2 is 2.29 bits per heavy atom. The van der Waals surface area contributed by atoms with Crippen LogP contribution in [0.25, 0.3) is 0 Å². The molecule has 2 rings (SSSR count). The third kappa shape index (κ3) is 1.62. The van der Waals surface area contributed by atoms with E-state index in [1.807, 2.05) is 18.2 Å². The number of benzene rings is 1. The molecule has 0 unspecified atom stereocenters. The Labute approximate surface area is 91.0 Å². The molecule has 0 atom stereocenters. The van der Waals surface area contributed by atoms with Gasteiger partial charge < -0.3 is 5.73 Å². The predicted molar refractivity (Wildman–Crippen MR) is 59.4 cm³/mol. The SMILES string of the molecule is NC(=O)N1CCCc2cc(Br)ccc21. The van der Waals surface area contributed by atoms with E-state index < -0.39 is 0 Å². The fraction of sp³-hybridized carbons (Fsp3) is 0.300. The van der Waals surface area contributed by atoms with Gasteiger partial charge in [-0.2, -0.15) is 0 Å². The summed E-state index contributed by atoms with van der Waals surface area (Å²) >= 11 is 3.41. The maximum Gasteiger partial charge on any atom is 0.319 e. The Bertz CT molecular complexity index is 378. The molecule has 2 amide bonds. The van der Waals surface area contributed by atoms with Crippen LogP contribution in [0.3, 0.4) is 0 Å². The number of primary amides is 1. The van der Waals surface area contributed by atoms with Crippen LogP contribution >= 0.6 is 15.9 Å². The Kier molecular flexibility index (Phi) is 2.46. The Hall–Kier alpha value is -1.03. The van der Waals surface area contributed by atoms with E-state index in [9.17, 15) is 4.79 Å². The number of halogens is 1. The number of rotatable bonds is 0. The molecule has 0 bridgehead atoms. The molecule has 4 heteroatoms. The number of carbonyl (C=O) groups is 1. The van der Waals surface area contributed by atoms with E-state index in [0.29, 0.717) is 0 Å². The maximum absolute atomic E-state index is 11.1. The standard InChI is InChI=1S/C10H11BrN2O/c11-8-3-4-9-7(6-8)2-1-5-13(9)10(12)14/h3-4,6H,1-2,5H2,(H2,12,14). The summed E-state index contributed by atoms with van der Waals surface area (Å²) in [6.45, 7) is 0.726. The van der Waals surface area contributed by atoms with E-state index in [2.05, 4.69) is 15.9 Å². The number of amides is 2. The van der Waals surface area contributed by atoms with Gasteiger partial charge in [-0.05, 0) is 36.6 Å². The number of hydrogen-bond donors (Lipinski definition) is 1. The third-order valence-electron chi connectivity index (χ3n) is 2.43. The molecule has 0 fully saturated rings. The zero-order valence-electron chi connectivity index (χ0n) is 7.66. The molecule has 1 aromatic carbocycles. The van der Waals surface area contributed by atoms with Crippen LogP contribution in [0.15, 0.2) is 22.7 Å². The summed E-state index contributed by atoms with van der Waals surface area (Å²) in [5.74, 6) is 0. The monoisotopic (exact) mass is 254 g/mol. The van der Waals surface area contributed by atoms with Crippen LogP contribution in [-0.2, 0) is 6.42 Å². The van der Waals surface area contributed by atoms with Crippen LogP contribution in [0.2, 0.25) is 0 Å². The van der Waals surface area contributed by atoms with Crippen molar-refractivity contribution >= 4 is 27.6 Å². The minimum Gasteiger partial charge on any atom is -0.351 e. The van der Waals surface area contributed by atoms with Crippen LogP contribution in [0.5, 0.6) is 0 Å². The maximum atomic E-state index is 11.1. The lowest BCUT2D eigenvalue weighted by Gasteiger charge is -2.27. The second-order valence-corrected chi connectivity index (χ2v) is 4.28. The molecule has 0 radical (unpaired) electrons. The number of urea groups is 1. The lowest BCUT2D eigenvalue weighted by molar-refractivity contribution is 0.253. The Morgan fingerprint density at radius 3 is 3.00 bits per heavy atom. The molecule has 0 aromatic heterocycles. The minimum atomic E-state index is -0.367. The average molecular weight is 255 g/mol. The second-order valence-electron chi connectivity index (χ2n) is 3.37. The van der Waals surface area contributed by atoms with E-state index >= 15 is 0 Å². The third-order valence-corrected chi connectivity index (χ3v) is 2.92. The molecule has 1 aliphatic heterocycles. The van der Waals surface area contributed by atoms with Crippen molar-refractivity contribution in [1.82, 2.24) is 0 Å². The molecule has 1 aliphatic rings. The zero-order valence-corrected chi connectivity index (χ0v) is 9.25. The lowest BCUT2D eigenvalue weighted by atomic mass is 10.0. The van der Waals surface area contributed by atoms with Gasteiger partial charge in [-0.15, -0.1) is 0 Å². The number of carbonyl (C=O) groups excluding carboxylic acids is 1. The number of nitrogens with two attached hydrogens (primary N) is 1. The van der Waals surface area contributed by atoms with Gasteiger partial charge in [0.05, 0.1) is 0 Å². The fourth-order valence-corrected chi connectivity index (χ4v) is 2.20. The first kappa shape index (κ1) is 9.52. The smallest absolute Gasteiger partial charge is 0.319 e. The highest BCUT2D eigenvalue weighted by Crippen LogP contribution is 2.29. The normalized spacial score (nSPS) is 15.1. The molecule has 2 N–H and O–H groups in total. The van der Waals surface area contributed by atoms with E-state index in [4.69, 9.17) is 5.73 Å². The molecule has 3 nitrogen and oxygen atoms in total. The van der Waals surface area contributed by atoms with Crippen LogP contribution in [0.4, 0.5) is 10.5 Å². The van der Waals surface area contributed by atoms with Crippen molar-refractivity contribution in [2.45, 2.75) is 12.8 Å². The van der Waals surface area contributed by atoms with Gasteiger partial charge in [-0.3, -0.25) is 4.90 Å². The van der Waals surface area contributed by atoms with Crippen LogP contribution in [0.1, 0.15) is 12.0 Å². The van der Waals surface area contributed by atoms with Crippen molar-refractivity contribution in [3.05, 3.63) is 28.2 Å². The summed E-state index contributed by atoms with van der Waals surface area (Å²) < 4.78 is 1.04. The van der Waals surface area contributed by atoms with Gasteiger partial charge in [0.15, 0.2) is 0 Å². The number of nitrogens with zero attached hydrogens (tertiary/aromatic N) is 1. The van der Waals surface area contributed by atoms with Gasteiger partial charge in [0, 0.05) is 16.7 Å². The molecule has 1 heterocycles. The summed E-state index contributed by atoms with van der Waals surface area (Å²) in [7, 11) is 0. The number of fused-ring (bicyclic) bond motifs is 1. The Morgan fingerprint density at radius 1 is 1.50 bits per heavy atom. The van der Waals surface area contributed by atoms with Crippen molar-refractivity contribution < 1.29 is 4.79 Å². The fourth-order valence-electron chi connectivity index (χ4n) is 1.79. The molecule has 0 aliphatic carbocycles. The highest BCUT2D eigenvalue weighted by molar-refractivity contribution is 9.10.